The lowest BCUT2D eigenvalue weighted by atomic mass is 10.0. The summed E-state index contributed by atoms with van der Waals surface area (Å²) in [5.41, 5.74) is 1.22. The number of hydrogen-bond acceptors (Lipinski definition) is 4. The molecule has 0 radical (unpaired) electrons. The van der Waals surface area contributed by atoms with E-state index in [2.05, 4.69) is 23.6 Å². The first-order valence-corrected chi connectivity index (χ1v) is 6.94. The molecule has 3 N–H and O–H groups in total. The van der Waals surface area contributed by atoms with Crippen LogP contribution in [0.2, 0.25) is 0 Å². The first-order valence-electron chi connectivity index (χ1n) is 6.94. The zero-order chi connectivity index (χ0) is 13.7. The summed E-state index contributed by atoms with van der Waals surface area (Å²) in [6.07, 6.45) is 0.714. The van der Waals surface area contributed by atoms with Crippen molar-refractivity contribution in [1.29, 1.82) is 0 Å². The molecule has 0 aliphatic carbocycles. The van der Waals surface area contributed by atoms with Gasteiger partial charge < -0.3 is 20.5 Å². The number of benzene rings is 1. The molecule has 1 saturated heterocycles. The third kappa shape index (κ3) is 3.93. The zero-order valence-corrected chi connectivity index (χ0v) is 11.7. The molecule has 1 fully saturated rings. The molecule has 0 saturated carbocycles. The number of aliphatic hydroxyl groups is 1. The molecule has 2 rings (SSSR count). The van der Waals surface area contributed by atoms with Gasteiger partial charge in [0.25, 0.3) is 0 Å². The summed E-state index contributed by atoms with van der Waals surface area (Å²) in [6, 6.07) is 8.48. The zero-order valence-electron chi connectivity index (χ0n) is 11.7. The quantitative estimate of drug-likeness (QED) is 0.711. The van der Waals surface area contributed by atoms with Crippen LogP contribution in [0.5, 0.6) is 5.75 Å². The van der Waals surface area contributed by atoms with Crippen LogP contribution in [0.4, 0.5) is 0 Å². The summed E-state index contributed by atoms with van der Waals surface area (Å²) in [4.78, 5) is 0. The standard InChI is InChI=1S/C15H24N2O2/c1-11(17-9-13-8-16-10-14(13)18)7-12-5-3-4-6-15(12)19-2/h3-6,11,13-14,16-18H,7-10H2,1-2H3. The minimum atomic E-state index is -0.217. The Morgan fingerprint density at radius 1 is 1.42 bits per heavy atom. The molecule has 1 aromatic carbocycles. The lowest BCUT2D eigenvalue weighted by molar-refractivity contribution is 0.145. The largest absolute Gasteiger partial charge is 0.496 e. The second kappa shape index (κ2) is 6.89. The van der Waals surface area contributed by atoms with Gasteiger partial charge in [-0.2, -0.15) is 0 Å². The van der Waals surface area contributed by atoms with Crippen molar-refractivity contribution in [1.82, 2.24) is 10.6 Å². The Hall–Kier alpha value is -1.10. The molecular formula is C15H24N2O2. The summed E-state index contributed by atoms with van der Waals surface area (Å²) in [5.74, 6) is 1.26. The van der Waals surface area contributed by atoms with Crippen molar-refractivity contribution in [3.05, 3.63) is 29.8 Å². The average molecular weight is 264 g/mol. The molecule has 0 spiro atoms. The van der Waals surface area contributed by atoms with Gasteiger partial charge in [-0.15, -0.1) is 0 Å². The van der Waals surface area contributed by atoms with E-state index in [-0.39, 0.29) is 6.10 Å². The first kappa shape index (κ1) is 14.3. The lowest BCUT2D eigenvalue weighted by Crippen LogP contribution is -2.36. The molecule has 3 atom stereocenters. The van der Waals surface area contributed by atoms with Crippen LogP contribution in [-0.2, 0) is 6.42 Å². The highest BCUT2D eigenvalue weighted by atomic mass is 16.5. The van der Waals surface area contributed by atoms with Gasteiger partial charge in [0.05, 0.1) is 13.2 Å². The van der Waals surface area contributed by atoms with E-state index in [1.165, 1.54) is 5.56 Å². The van der Waals surface area contributed by atoms with E-state index in [9.17, 15) is 5.11 Å². The molecule has 0 aromatic heterocycles. The number of rotatable bonds is 6. The Morgan fingerprint density at radius 2 is 2.21 bits per heavy atom. The molecule has 0 bridgehead atoms. The SMILES string of the molecule is COc1ccccc1CC(C)NCC1CNCC1O. The van der Waals surface area contributed by atoms with E-state index in [0.717, 1.165) is 25.3 Å². The van der Waals surface area contributed by atoms with Gasteiger partial charge in [-0.25, -0.2) is 0 Å². The number of hydrogen-bond donors (Lipinski definition) is 3. The fourth-order valence-electron chi connectivity index (χ4n) is 2.55. The van der Waals surface area contributed by atoms with Crippen LogP contribution in [-0.4, -0.2) is 44.0 Å². The fraction of sp³-hybridized carbons (Fsp3) is 0.600. The third-order valence-electron chi connectivity index (χ3n) is 3.75. The van der Waals surface area contributed by atoms with E-state index in [4.69, 9.17) is 4.74 Å². The number of β-amino-alcohol motifs (C(OH)–C–C–N with tert-alkyl or cyclic N) is 1. The Bertz CT molecular complexity index is 397. The van der Waals surface area contributed by atoms with Crippen molar-refractivity contribution in [3.63, 3.8) is 0 Å². The molecule has 106 valence electrons. The summed E-state index contributed by atoms with van der Waals surface area (Å²) < 4.78 is 5.36. The van der Waals surface area contributed by atoms with E-state index in [1.54, 1.807) is 7.11 Å². The summed E-state index contributed by atoms with van der Waals surface area (Å²) in [6.45, 7) is 4.63. The summed E-state index contributed by atoms with van der Waals surface area (Å²) in [7, 11) is 1.71. The van der Waals surface area contributed by atoms with Crippen molar-refractivity contribution in [2.75, 3.05) is 26.7 Å². The topological polar surface area (TPSA) is 53.5 Å². The maximum atomic E-state index is 9.75. The van der Waals surface area contributed by atoms with Gasteiger partial charge in [-0.05, 0) is 25.0 Å². The number of para-hydroxylation sites is 1. The second-order valence-corrected chi connectivity index (χ2v) is 5.31. The maximum Gasteiger partial charge on any atom is 0.122 e. The van der Waals surface area contributed by atoms with E-state index < -0.39 is 0 Å². The van der Waals surface area contributed by atoms with Crippen LogP contribution in [0.25, 0.3) is 0 Å². The average Bonchev–Trinajstić information content (AvgIpc) is 2.82. The molecule has 4 heteroatoms. The van der Waals surface area contributed by atoms with Crippen LogP contribution >= 0.6 is 0 Å². The molecular weight excluding hydrogens is 240 g/mol. The van der Waals surface area contributed by atoms with Crippen molar-refractivity contribution < 1.29 is 9.84 Å². The normalized spacial score (nSPS) is 24.4. The Labute approximate surface area is 115 Å². The molecule has 1 aliphatic rings. The molecule has 3 unspecified atom stereocenters. The third-order valence-corrected chi connectivity index (χ3v) is 3.75. The van der Waals surface area contributed by atoms with Crippen LogP contribution in [0.15, 0.2) is 24.3 Å². The van der Waals surface area contributed by atoms with Crippen molar-refractivity contribution >= 4 is 0 Å². The van der Waals surface area contributed by atoms with Crippen LogP contribution in [0, 0.1) is 5.92 Å². The molecule has 0 amide bonds. The Balaban J connectivity index is 1.82. The number of nitrogens with one attached hydrogen (secondary N) is 2. The molecule has 1 aromatic rings. The van der Waals surface area contributed by atoms with E-state index >= 15 is 0 Å². The number of methoxy groups -OCH3 is 1. The molecule has 1 heterocycles. The smallest absolute Gasteiger partial charge is 0.122 e. The van der Waals surface area contributed by atoms with Gasteiger partial charge in [0.15, 0.2) is 0 Å². The minimum Gasteiger partial charge on any atom is -0.496 e. The first-order chi connectivity index (χ1) is 9.20. The number of ether oxygens (including phenoxy) is 1. The maximum absolute atomic E-state index is 9.75. The number of aliphatic hydroxyl groups excluding tert-OH is 1. The van der Waals surface area contributed by atoms with Crippen molar-refractivity contribution in [2.45, 2.75) is 25.5 Å². The molecule has 4 nitrogen and oxygen atoms in total. The molecule has 19 heavy (non-hydrogen) atoms. The molecule has 1 aliphatic heterocycles. The minimum absolute atomic E-state index is 0.217. The van der Waals surface area contributed by atoms with Crippen molar-refractivity contribution in [2.24, 2.45) is 5.92 Å². The lowest BCUT2D eigenvalue weighted by Gasteiger charge is -2.19. The van der Waals surface area contributed by atoms with Crippen LogP contribution < -0.4 is 15.4 Å². The predicted octanol–water partition coefficient (Wildman–Crippen LogP) is 0.796. The van der Waals surface area contributed by atoms with Gasteiger partial charge in [0, 0.05) is 31.6 Å². The van der Waals surface area contributed by atoms with Gasteiger partial charge in [0.2, 0.25) is 0 Å². The van der Waals surface area contributed by atoms with E-state index in [1.807, 2.05) is 18.2 Å². The highest BCUT2D eigenvalue weighted by molar-refractivity contribution is 5.33. The van der Waals surface area contributed by atoms with Gasteiger partial charge in [-0.3, -0.25) is 0 Å². The highest BCUT2D eigenvalue weighted by Gasteiger charge is 2.24. The van der Waals surface area contributed by atoms with Crippen molar-refractivity contribution in [3.8, 4) is 5.75 Å². The summed E-state index contributed by atoms with van der Waals surface area (Å²) >= 11 is 0. The van der Waals surface area contributed by atoms with Gasteiger partial charge >= 0.3 is 0 Å². The van der Waals surface area contributed by atoms with Crippen LogP contribution in [0.3, 0.4) is 0 Å². The van der Waals surface area contributed by atoms with Gasteiger partial charge in [0.1, 0.15) is 5.75 Å². The summed E-state index contributed by atoms with van der Waals surface area (Å²) in [5, 5.41) is 16.5. The Kier molecular flexibility index (Phi) is 5.19. The monoisotopic (exact) mass is 264 g/mol. The fourth-order valence-corrected chi connectivity index (χ4v) is 2.55. The second-order valence-electron chi connectivity index (χ2n) is 5.31. The Morgan fingerprint density at radius 3 is 2.89 bits per heavy atom. The van der Waals surface area contributed by atoms with Crippen LogP contribution in [0.1, 0.15) is 12.5 Å². The predicted molar refractivity (Wildman–Crippen MR) is 76.5 cm³/mol. The van der Waals surface area contributed by atoms with E-state index in [0.29, 0.717) is 18.5 Å². The highest BCUT2D eigenvalue weighted by Crippen LogP contribution is 2.19. The van der Waals surface area contributed by atoms with Gasteiger partial charge in [-0.1, -0.05) is 18.2 Å².